The zero-order valence-electron chi connectivity index (χ0n) is 15.3. The minimum atomic E-state index is -0.0404. The van der Waals surface area contributed by atoms with Crippen LogP contribution in [0.2, 0.25) is 0 Å². The largest absolute Gasteiger partial charge is 0.339 e. The molecule has 1 fully saturated rings. The Balaban J connectivity index is 1.54. The van der Waals surface area contributed by atoms with Gasteiger partial charge in [-0.3, -0.25) is 4.79 Å². The normalized spacial score (nSPS) is 18.0. The van der Waals surface area contributed by atoms with Gasteiger partial charge in [0.1, 0.15) is 11.3 Å². The summed E-state index contributed by atoms with van der Waals surface area (Å²) in [7, 11) is 1.93. The number of amides is 1. The maximum absolute atomic E-state index is 13.0. The molecule has 0 aliphatic carbocycles. The van der Waals surface area contributed by atoms with Gasteiger partial charge in [0.2, 0.25) is 5.89 Å². The van der Waals surface area contributed by atoms with Crippen LogP contribution in [0, 0.1) is 0 Å². The van der Waals surface area contributed by atoms with Crippen LogP contribution >= 0.6 is 0 Å². The first-order valence-corrected chi connectivity index (χ1v) is 9.08. The number of aromatic nitrogens is 4. The second-order valence-electron chi connectivity index (χ2n) is 7.27. The van der Waals surface area contributed by atoms with Crippen LogP contribution in [0.4, 0.5) is 0 Å². The van der Waals surface area contributed by atoms with E-state index in [0.717, 1.165) is 36.2 Å². The Morgan fingerprint density at radius 1 is 1.27 bits per heavy atom. The fourth-order valence-corrected chi connectivity index (χ4v) is 3.43. The summed E-state index contributed by atoms with van der Waals surface area (Å²) in [5, 5.41) is 5.09. The molecule has 1 atom stereocenters. The van der Waals surface area contributed by atoms with Gasteiger partial charge in [-0.25, -0.2) is 4.98 Å². The van der Waals surface area contributed by atoms with Gasteiger partial charge < -0.3 is 14.0 Å². The molecular weight excluding hydrogens is 330 g/mol. The van der Waals surface area contributed by atoms with Gasteiger partial charge in [-0.2, -0.15) is 4.98 Å². The van der Waals surface area contributed by atoms with Gasteiger partial charge in [0.25, 0.3) is 5.91 Å². The van der Waals surface area contributed by atoms with E-state index in [9.17, 15) is 4.79 Å². The van der Waals surface area contributed by atoms with Crippen LogP contribution in [0.1, 0.15) is 60.7 Å². The number of carbonyl (C=O) groups is 1. The van der Waals surface area contributed by atoms with Crippen LogP contribution in [-0.4, -0.2) is 43.6 Å². The molecule has 0 spiro atoms. The fourth-order valence-electron chi connectivity index (χ4n) is 3.43. The number of rotatable bonds is 3. The zero-order valence-corrected chi connectivity index (χ0v) is 15.3. The lowest BCUT2D eigenvalue weighted by Gasteiger charge is -2.30. The summed E-state index contributed by atoms with van der Waals surface area (Å²) in [6.45, 7) is 5.40. The van der Waals surface area contributed by atoms with Gasteiger partial charge in [-0.05, 0) is 31.0 Å². The molecule has 0 radical (unpaired) electrons. The first-order chi connectivity index (χ1) is 12.5. The standard InChI is InChI=1S/C19H23N5O2/c1-12(2)16-21-18(26-22-16)14-5-4-9-24(11-14)19(25)15-7-6-13-8-10-23(3)17(13)20-15/h6-8,10,12,14H,4-5,9,11H2,1-3H3. The van der Waals surface area contributed by atoms with Crippen LogP contribution in [0.15, 0.2) is 28.9 Å². The number of fused-ring (bicyclic) bond motifs is 1. The molecule has 1 aliphatic rings. The van der Waals surface area contributed by atoms with Crippen LogP contribution in [-0.2, 0) is 7.05 Å². The molecule has 4 heterocycles. The smallest absolute Gasteiger partial charge is 0.272 e. The van der Waals surface area contributed by atoms with E-state index in [0.29, 0.717) is 18.1 Å². The van der Waals surface area contributed by atoms with Crippen LogP contribution in [0.3, 0.4) is 0 Å². The van der Waals surface area contributed by atoms with Crippen LogP contribution in [0.25, 0.3) is 11.0 Å². The third-order valence-corrected chi connectivity index (χ3v) is 4.97. The number of carbonyl (C=O) groups excluding carboxylic acids is 1. The molecule has 26 heavy (non-hydrogen) atoms. The summed E-state index contributed by atoms with van der Waals surface area (Å²) < 4.78 is 7.37. The van der Waals surface area contributed by atoms with Gasteiger partial charge >= 0.3 is 0 Å². The SMILES string of the molecule is CC(C)c1noc(C2CCCN(C(=O)c3ccc4ccn(C)c4n3)C2)n1. The number of pyridine rings is 1. The minimum Gasteiger partial charge on any atom is -0.339 e. The molecular formula is C19H23N5O2. The highest BCUT2D eigenvalue weighted by Gasteiger charge is 2.30. The van der Waals surface area contributed by atoms with Crippen molar-refractivity contribution >= 4 is 16.9 Å². The van der Waals surface area contributed by atoms with Crippen LogP contribution in [0.5, 0.6) is 0 Å². The first kappa shape index (κ1) is 16.8. The Hall–Kier alpha value is -2.70. The third kappa shape index (κ3) is 2.98. The number of hydrogen-bond donors (Lipinski definition) is 0. The van der Waals surface area contributed by atoms with Crippen molar-refractivity contribution in [2.24, 2.45) is 7.05 Å². The summed E-state index contributed by atoms with van der Waals surface area (Å²) >= 11 is 0. The van der Waals surface area contributed by atoms with E-state index in [1.54, 1.807) is 6.07 Å². The molecule has 0 N–H and O–H groups in total. The Kier molecular flexibility index (Phi) is 4.22. The van der Waals surface area contributed by atoms with Crippen molar-refractivity contribution in [3.05, 3.63) is 41.8 Å². The van der Waals surface area contributed by atoms with Crippen molar-refractivity contribution in [1.82, 2.24) is 24.6 Å². The molecule has 0 saturated carbocycles. The summed E-state index contributed by atoms with van der Waals surface area (Å²) in [6, 6.07) is 5.75. The minimum absolute atomic E-state index is 0.0404. The highest BCUT2D eigenvalue weighted by Crippen LogP contribution is 2.27. The number of likely N-dealkylation sites (tertiary alicyclic amines) is 1. The maximum atomic E-state index is 13.0. The van der Waals surface area contributed by atoms with E-state index in [-0.39, 0.29) is 17.7 Å². The van der Waals surface area contributed by atoms with Crippen molar-refractivity contribution in [1.29, 1.82) is 0 Å². The van der Waals surface area contributed by atoms with Gasteiger partial charge in [-0.15, -0.1) is 0 Å². The maximum Gasteiger partial charge on any atom is 0.272 e. The Morgan fingerprint density at radius 3 is 2.88 bits per heavy atom. The summed E-state index contributed by atoms with van der Waals surface area (Å²) in [6.07, 6.45) is 3.82. The predicted molar refractivity (Wildman–Crippen MR) is 97.0 cm³/mol. The Morgan fingerprint density at radius 2 is 2.12 bits per heavy atom. The molecule has 136 valence electrons. The van der Waals surface area contributed by atoms with Crippen molar-refractivity contribution in [2.45, 2.75) is 38.5 Å². The lowest BCUT2D eigenvalue weighted by atomic mass is 9.97. The quantitative estimate of drug-likeness (QED) is 0.723. The van der Waals surface area contributed by atoms with Gasteiger partial charge in [0.05, 0.1) is 5.92 Å². The molecule has 1 unspecified atom stereocenters. The molecule has 0 aromatic carbocycles. The molecule has 1 saturated heterocycles. The van der Waals surface area contributed by atoms with Gasteiger partial charge in [-0.1, -0.05) is 19.0 Å². The van der Waals surface area contributed by atoms with E-state index >= 15 is 0 Å². The summed E-state index contributed by atoms with van der Waals surface area (Å²) in [5.74, 6) is 1.64. The molecule has 7 heteroatoms. The Labute approximate surface area is 152 Å². The van der Waals surface area contributed by atoms with Gasteiger partial charge in [0, 0.05) is 37.6 Å². The number of nitrogens with zero attached hydrogens (tertiary/aromatic N) is 5. The lowest BCUT2D eigenvalue weighted by Crippen LogP contribution is -2.39. The lowest BCUT2D eigenvalue weighted by molar-refractivity contribution is 0.0690. The molecule has 0 bridgehead atoms. The summed E-state index contributed by atoms with van der Waals surface area (Å²) in [4.78, 5) is 23.9. The fraction of sp³-hybridized carbons (Fsp3) is 0.474. The molecule has 1 aliphatic heterocycles. The highest BCUT2D eigenvalue weighted by molar-refractivity contribution is 5.94. The topological polar surface area (TPSA) is 77.0 Å². The van der Waals surface area contributed by atoms with E-state index < -0.39 is 0 Å². The second kappa shape index (κ2) is 6.55. The van der Waals surface area contributed by atoms with Crippen molar-refractivity contribution in [3.8, 4) is 0 Å². The highest BCUT2D eigenvalue weighted by atomic mass is 16.5. The number of hydrogen-bond acceptors (Lipinski definition) is 5. The monoisotopic (exact) mass is 353 g/mol. The van der Waals surface area contributed by atoms with Crippen molar-refractivity contribution < 1.29 is 9.32 Å². The average Bonchev–Trinajstić information content (AvgIpc) is 3.29. The number of piperidine rings is 1. The third-order valence-electron chi connectivity index (χ3n) is 4.97. The van der Waals surface area contributed by atoms with E-state index in [4.69, 9.17) is 4.52 Å². The van der Waals surface area contributed by atoms with E-state index in [1.165, 1.54) is 0 Å². The van der Waals surface area contributed by atoms with E-state index in [1.807, 2.05) is 48.7 Å². The number of aryl methyl sites for hydroxylation is 1. The molecule has 1 amide bonds. The van der Waals surface area contributed by atoms with Crippen molar-refractivity contribution in [3.63, 3.8) is 0 Å². The first-order valence-electron chi connectivity index (χ1n) is 9.08. The van der Waals surface area contributed by atoms with Gasteiger partial charge in [0.15, 0.2) is 5.82 Å². The van der Waals surface area contributed by atoms with E-state index in [2.05, 4.69) is 15.1 Å². The molecule has 7 nitrogen and oxygen atoms in total. The molecule has 4 rings (SSSR count). The Bertz CT molecular complexity index is 942. The zero-order chi connectivity index (χ0) is 18.3. The van der Waals surface area contributed by atoms with Crippen molar-refractivity contribution in [2.75, 3.05) is 13.1 Å². The second-order valence-corrected chi connectivity index (χ2v) is 7.27. The predicted octanol–water partition coefficient (Wildman–Crippen LogP) is 3.10. The van der Waals surface area contributed by atoms with Crippen LogP contribution < -0.4 is 0 Å². The molecule has 3 aromatic rings. The molecule has 3 aromatic heterocycles. The summed E-state index contributed by atoms with van der Waals surface area (Å²) in [5.41, 5.74) is 1.30. The average molecular weight is 353 g/mol.